The summed E-state index contributed by atoms with van der Waals surface area (Å²) in [6.45, 7) is 0. The third kappa shape index (κ3) is 3.06. The number of benzene rings is 1. The lowest BCUT2D eigenvalue weighted by Crippen LogP contribution is -2.13. The molecule has 2 N–H and O–H groups in total. The van der Waals surface area contributed by atoms with Crippen LogP contribution in [-0.2, 0) is 0 Å². The van der Waals surface area contributed by atoms with Gasteiger partial charge in [-0.2, -0.15) is 0 Å². The van der Waals surface area contributed by atoms with E-state index in [9.17, 15) is 13.2 Å². The van der Waals surface area contributed by atoms with Gasteiger partial charge in [-0.3, -0.25) is 0 Å². The van der Waals surface area contributed by atoms with E-state index in [-0.39, 0.29) is 0 Å². The zero-order chi connectivity index (χ0) is 9.84. The van der Waals surface area contributed by atoms with Gasteiger partial charge in [0.05, 0.1) is 0 Å². The predicted octanol–water partition coefficient (Wildman–Crippen LogP) is 2.48. The van der Waals surface area contributed by atoms with Gasteiger partial charge in [-0.05, 0) is 17.7 Å². The molecular weight excluding hydrogens is 179 g/mol. The maximum Gasteiger partial charge on any atom is 0.240 e. The summed E-state index contributed by atoms with van der Waals surface area (Å²) in [5.41, 5.74) is 5.97. The van der Waals surface area contributed by atoms with Crippen molar-refractivity contribution in [1.29, 1.82) is 0 Å². The summed E-state index contributed by atoms with van der Waals surface area (Å²) in [7, 11) is 0. The normalized spacial score (nSPS) is 13.3. The highest BCUT2D eigenvalue weighted by Gasteiger charge is 2.12. The molecule has 0 bridgehead atoms. The molecule has 13 heavy (non-hydrogen) atoms. The van der Waals surface area contributed by atoms with Crippen LogP contribution < -0.4 is 5.73 Å². The van der Waals surface area contributed by atoms with E-state index in [0.717, 1.165) is 0 Å². The zero-order valence-corrected chi connectivity index (χ0v) is 6.88. The van der Waals surface area contributed by atoms with Crippen LogP contribution in [0.25, 0.3) is 0 Å². The third-order valence-electron chi connectivity index (χ3n) is 1.73. The van der Waals surface area contributed by atoms with Gasteiger partial charge in [0.1, 0.15) is 5.82 Å². The van der Waals surface area contributed by atoms with Crippen molar-refractivity contribution in [3.8, 4) is 0 Å². The highest BCUT2D eigenvalue weighted by Crippen LogP contribution is 2.17. The first-order chi connectivity index (χ1) is 6.09. The number of alkyl halides is 2. The first-order valence-electron chi connectivity index (χ1n) is 3.89. The molecule has 0 amide bonds. The largest absolute Gasteiger partial charge is 0.324 e. The van der Waals surface area contributed by atoms with Crippen molar-refractivity contribution in [3.63, 3.8) is 0 Å². The van der Waals surface area contributed by atoms with Gasteiger partial charge < -0.3 is 5.73 Å². The van der Waals surface area contributed by atoms with Gasteiger partial charge in [0, 0.05) is 12.5 Å². The lowest BCUT2D eigenvalue weighted by Gasteiger charge is -2.10. The van der Waals surface area contributed by atoms with Crippen LogP contribution in [0.15, 0.2) is 24.3 Å². The minimum absolute atomic E-state index is 0.395. The molecule has 1 nitrogen and oxygen atoms in total. The Labute approximate surface area is 74.4 Å². The first-order valence-corrected chi connectivity index (χ1v) is 3.89. The van der Waals surface area contributed by atoms with Crippen molar-refractivity contribution in [1.82, 2.24) is 0 Å². The van der Waals surface area contributed by atoms with Crippen LogP contribution in [0.3, 0.4) is 0 Å². The average molecular weight is 189 g/mol. The van der Waals surface area contributed by atoms with Crippen LogP contribution in [0, 0.1) is 5.82 Å². The van der Waals surface area contributed by atoms with Gasteiger partial charge in [0.2, 0.25) is 6.43 Å². The number of rotatable bonds is 3. The smallest absolute Gasteiger partial charge is 0.240 e. The molecule has 0 saturated heterocycles. The van der Waals surface area contributed by atoms with Gasteiger partial charge in [-0.15, -0.1) is 0 Å². The van der Waals surface area contributed by atoms with E-state index in [1.54, 1.807) is 0 Å². The SMILES string of the molecule is N[C@@H](CC(F)F)c1ccc(F)cc1. The molecule has 0 aliphatic carbocycles. The van der Waals surface area contributed by atoms with Gasteiger partial charge >= 0.3 is 0 Å². The van der Waals surface area contributed by atoms with Crippen molar-refractivity contribution < 1.29 is 13.2 Å². The highest BCUT2D eigenvalue weighted by molar-refractivity contribution is 5.19. The molecular formula is C9H10F3N. The third-order valence-corrected chi connectivity index (χ3v) is 1.73. The lowest BCUT2D eigenvalue weighted by molar-refractivity contribution is 0.128. The molecule has 0 aromatic heterocycles. The Morgan fingerprint density at radius 1 is 1.15 bits per heavy atom. The summed E-state index contributed by atoms with van der Waals surface area (Å²) >= 11 is 0. The lowest BCUT2D eigenvalue weighted by atomic mass is 10.1. The molecule has 1 atom stereocenters. The summed E-state index contributed by atoms with van der Waals surface area (Å²) in [6.07, 6.45) is -2.83. The Balaban J connectivity index is 2.66. The van der Waals surface area contributed by atoms with E-state index in [2.05, 4.69) is 0 Å². The van der Waals surface area contributed by atoms with Gasteiger partial charge in [-0.25, -0.2) is 13.2 Å². The van der Waals surface area contributed by atoms with Crippen molar-refractivity contribution in [2.45, 2.75) is 18.9 Å². The van der Waals surface area contributed by atoms with Gasteiger partial charge in [0.25, 0.3) is 0 Å². The summed E-state index contributed by atoms with van der Waals surface area (Å²) in [4.78, 5) is 0. The Bertz CT molecular complexity index is 258. The molecule has 1 aromatic carbocycles. The average Bonchev–Trinajstić information content (AvgIpc) is 2.04. The second-order valence-corrected chi connectivity index (χ2v) is 2.78. The van der Waals surface area contributed by atoms with E-state index in [1.807, 2.05) is 0 Å². The minimum Gasteiger partial charge on any atom is -0.324 e. The molecule has 0 aliphatic heterocycles. The Kier molecular flexibility index (Phi) is 3.31. The number of hydrogen-bond acceptors (Lipinski definition) is 1. The second-order valence-electron chi connectivity index (χ2n) is 2.78. The summed E-state index contributed by atoms with van der Waals surface area (Å²) in [5.74, 6) is -0.395. The number of nitrogens with two attached hydrogens (primary N) is 1. The van der Waals surface area contributed by atoms with Crippen molar-refractivity contribution >= 4 is 0 Å². The number of halogens is 3. The van der Waals surface area contributed by atoms with E-state index in [0.29, 0.717) is 5.56 Å². The molecule has 0 radical (unpaired) electrons. The highest BCUT2D eigenvalue weighted by atomic mass is 19.3. The van der Waals surface area contributed by atoms with Gasteiger partial charge in [0.15, 0.2) is 0 Å². The molecule has 1 rings (SSSR count). The molecule has 1 aromatic rings. The van der Waals surface area contributed by atoms with Crippen LogP contribution in [-0.4, -0.2) is 6.43 Å². The fourth-order valence-corrected chi connectivity index (χ4v) is 1.04. The Morgan fingerprint density at radius 2 is 1.69 bits per heavy atom. The van der Waals surface area contributed by atoms with Crippen LogP contribution in [0.1, 0.15) is 18.0 Å². The molecule has 0 heterocycles. The maximum atomic E-state index is 12.4. The van der Waals surface area contributed by atoms with E-state index in [1.165, 1.54) is 24.3 Å². The first kappa shape index (κ1) is 10.1. The molecule has 0 unspecified atom stereocenters. The molecule has 72 valence electrons. The standard InChI is InChI=1S/C9H10F3N/c10-7-3-1-6(2-4-7)8(13)5-9(11)12/h1-4,8-9H,5,13H2/t8-/m0/s1. The minimum atomic E-state index is -2.43. The van der Waals surface area contributed by atoms with Crippen LogP contribution >= 0.6 is 0 Å². The van der Waals surface area contributed by atoms with E-state index in [4.69, 9.17) is 5.73 Å². The van der Waals surface area contributed by atoms with Crippen molar-refractivity contribution in [2.75, 3.05) is 0 Å². The Hall–Kier alpha value is -1.03. The maximum absolute atomic E-state index is 12.4. The fourth-order valence-electron chi connectivity index (χ4n) is 1.04. The molecule has 0 aliphatic rings. The molecule has 0 saturated carbocycles. The summed E-state index contributed by atoms with van der Waals surface area (Å²) < 4.78 is 36.2. The van der Waals surface area contributed by atoms with E-state index >= 15 is 0 Å². The van der Waals surface area contributed by atoms with Crippen LogP contribution in [0.4, 0.5) is 13.2 Å². The Morgan fingerprint density at radius 3 is 2.15 bits per heavy atom. The topological polar surface area (TPSA) is 26.0 Å². The second kappa shape index (κ2) is 4.28. The predicted molar refractivity (Wildman–Crippen MR) is 43.9 cm³/mol. The van der Waals surface area contributed by atoms with Crippen LogP contribution in [0.2, 0.25) is 0 Å². The molecule has 0 spiro atoms. The summed E-state index contributed by atoms with van der Waals surface area (Å²) in [6, 6.07) is 4.53. The summed E-state index contributed by atoms with van der Waals surface area (Å²) in [5, 5.41) is 0. The van der Waals surface area contributed by atoms with E-state index < -0.39 is 24.7 Å². The van der Waals surface area contributed by atoms with Crippen LogP contribution in [0.5, 0.6) is 0 Å². The monoisotopic (exact) mass is 189 g/mol. The van der Waals surface area contributed by atoms with Crippen molar-refractivity contribution in [2.24, 2.45) is 5.73 Å². The van der Waals surface area contributed by atoms with Crippen molar-refractivity contribution in [3.05, 3.63) is 35.6 Å². The molecule has 0 fully saturated rings. The zero-order valence-electron chi connectivity index (χ0n) is 6.88. The van der Waals surface area contributed by atoms with Gasteiger partial charge in [-0.1, -0.05) is 12.1 Å². The quantitative estimate of drug-likeness (QED) is 0.776. The fraction of sp³-hybridized carbons (Fsp3) is 0.333. The molecule has 4 heteroatoms. The number of hydrogen-bond donors (Lipinski definition) is 1.